The number of ether oxygens (including phenoxy) is 1. The number of hydrogen-bond acceptors (Lipinski definition) is 5. The lowest BCUT2D eigenvalue weighted by molar-refractivity contribution is 0.145. The summed E-state index contributed by atoms with van der Waals surface area (Å²) in [6.07, 6.45) is 4.49. The van der Waals surface area contributed by atoms with E-state index in [0.717, 1.165) is 71.3 Å². The number of rotatable bonds is 11. The van der Waals surface area contributed by atoms with Gasteiger partial charge in [0.25, 0.3) is 0 Å². The molecule has 0 radical (unpaired) electrons. The molecule has 1 aliphatic heterocycles. The summed E-state index contributed by atoms with van der Waals surface area (Å²) in [7, 11) is 0. The van der Waals surface area contributed by atoms with E-state index in [4.69, 9.17) is 14.7 Å². The van der Waals surface area contributed by atoms with Crippen molar-refractivity contribution in [3.8, 4) is 0 Å². The molecule has 27 heavy (non-hydrogen) atoms. The topological polar surface area (TPSA) is 61.8 Å². The van der Waals surface area contributed by atoms with Crippen molar-refractivity contribution in [3.63, 3.8) is 0 Å². The van der Waals surface area contributed by atoms with Gasteiger partial charge in [-0.3, -0.25) is 9.89 Å². The molecule has 2 N–H and O–H groups in total. The fraction of sp³-hybridized carbons (Fsp3) is 0.800. The second-order valence-corrected chi connectivity index (χ2v) is 7.95. The lowest BCUT2D eigenvalue weighted by Crippen LogP contribution is -2.39. The van der Waals surface area contributed by atoms with Crippen LogP contribution in [-0.4, -0.2) is 61.8 Å². The smallest absolute Gasteiger partial charge is 0.191 e. The van der Waals surface area contributed by atoms with E-state index in [9.17, 15) is 0 Å². The number of likely N-dealkylation sites (tertiary alicyclic amines) is 1. The molecule has 2 heterocycles. The van der Waals surface area contributed by atoms with Gasteiger partial charge in [-0.2, -0.15) is 0 Å². The van der Waals surface area contributed by atoms with E-state index >= 15 is 0 Å². The van der Waals surface area contributed by atoms with E-state index in [1.807, 2.05) is 6.92 Å². The van der Waals surface area contributed by atoms with Crippen LogP contribution < -0.4 is 10.6 Å². The minimum Gasteiger partial charge on any atom is -0.382 e. The highest BCUT2D eigenvalue weighted by Gasteiger charge is 2.19. The number of nitrogens with zero attached hydrogens (tertiary/aromatic N) is 3. The van der Waals surface area contributed by atoms with Crippen LogP contribution in [0.15, 0.2) is 10.4 Å². The van der Waals surface area contributed by atoms with Gasteiger partial charge in [0.2, 0.25) is 0 Å². The highest BCUT2D eigenvalue weighted by atomic mass is 32.1. The van der Waals surface area contributed by atoms with Crippen molar-refractivity contribution in [2.75, 3.05) is 45.9 Å². The van der Waals surface area contributed by atoms with Crippen LogP contribution >= 0.6 is 11.3 Å². The van der Waals surface area contributed by atoms with Crippen molar-refractivity contribution in [1.29, 1.82) is 0 Å². The Morgan fingerprint density at radius 2 is 2.11 bits per heavy atom. The Bertz CT molecular complexity index is 540. The number of guanidine groups is 1. The monoisotopic (exact) mass is 395 g/mol. The fourth-order valence-electron chi connectivity index (χ4n) is 3.23. The third kappa shape index (κ3) is 8.58. The molecule has 0 saturated carbocycles. The molecule has 0 aliphatic carbocycles. The van der Waals surface area contributed by atoms with Gasteiger partial charge in [-0.05, 0) is 58.5 Å². The minimum absolute atomic E-state index is 0.682. The van der Waals surface area contributed by atoms with Gasteiger partial charge in [0.05, 0.1) is 10.7 Å². The summed E-state index contributed by atoms with van der Waals surface area (Å²) >= 11 is 1.79. The Balaban J connectivity index is 1.68. The fourth-order valence-corrected chi connectivity index (χ4v) is 3.96. The van der Waals surface area contributed by atoms with Crippen LogP contribution in [0.2, 0.25) is 0 Å². The SMILES string of the molecule is CCNC(=NCC1CCN(Cc2csc(CC)n2)CC1)NCCCOCC. The molecule has 0 aromatic carbocycles. The van der Waals surface area contributed by atoms with Crippen LogP contribution in [0.4, 0.5) is 0 Å². The highest BCUT2D eigenvalue weighted by Crippen LogP contribution is 2.20. The van der Waals surface area contributed by atoms with Gasteiger partial charge in [0.15, 0.2) is 5.96 Å². The molecule has 1 aromatic rings. The number of thiazole rings is 1. The summed E-state index contributed by atoms with van der Waals surface area (Å²) in [4.78, 5) is 12.0. The predicted molar refractivity (Wildman–Crippen MR) is 115 cm³/mol. The Hall–Kier alpha value is -1.18. The molecule has 7 heteroatoms. The Morgan fingerprint density at radius 3 is 2.78 bits per heavy atom. The molecule has 154 valence electrons. The molecule has 0 atom stereocenters. The van der Waals surface area contributed by atoms with E-state index in [1.54, 1.807) is 11.3 Å². The van der Waals surface area contributed by atoms with Crippen molar-refractivity contribution in [1.82, 2.24) is 20.5 Å². The van der Waals surface area contributed by atoms with Gasteiger partial charge < -0.3 is 15.4 Å². The molecular weight excluding hydrogens is 358 g/mol. The third-order valence-electron chi connectivity index (χ3n) is 4.81. The first kappa shape index (κ1) is 22.1. The average Bonchev–Trinajstić information content (AvgIpc) is 3.14. The number of aromatic nitrogens is 1. The van der Waals surface area contributed by atoms with E-state index in [-0.39, 0.29) is 0 Å². The van der Waals surface area contributed by atoms with Crippen molar-refractivity contribution in [3.05, 3.63) is 16.1 Å². The zero-order chi connectivity index (χ0) is 19.3. The highest BCUT2D eigenvalue weighted by molar-refractivity contribution is 7.09. The van der Waals surface area contributed by atoms with Gasteiger partial charge in [-0.15, -0.1) is 11.3 Å². The third-order valence-corrected chi connectivity index (χ3v) is 5.85. The first-order valence-corrected chi connectivity index (χ1v) is 11.4. The molecule has 0 amide bonds. The molecule has 0 bridgehead atoms. The summed E-state index contributed by atoms with van der Waals surface area (Å²) in [5.74, 6) is 1.62. The predicted octanol–water partition coefficient (Wildman–Crippen LogP) is 2.90. The minimum atomic E-state index is 0.682. The largest absolute Gasteiger partial charge is 0.382 e. The standard InChI is InChI=1S/C20H37N5OS/c1-4-19-24-18(16-27-19)15-25-11-8-17(9-12-25)14-23-20(21-5-2)22-10-7-13-26-6-3/h16-17H,4-15H2,1-3H3,(H2,21,22,23). The number of piperidine rings is 1. The summed E-state index contributed by atoms with van der Waals surface area (Å²) in [5, 5.41) is 10.2. The van der Waals surface area contributed by atoms with Gasteiger partial charge in [0.1, 0.15) is 0 Å². The zero-order valence-corrected chi connectivity index (χ0v) is 18.1. The van der Waals surface area contributed by atoms with E-state index in [1.165, 1.54) is 23.5 Å². The summed E-state index contributed by atoms with van der Waals surface area (Å²) in [6.45, 7) is 13.9. The molecule has 1 aromatic heterocycles. The normalized spacial score (nSPS) is 16.6. The molecule has 1 saturated heterocycles. The quantitative estimate of drug-likeness (QED) is 0.343. The van der Waals surface area contributed by atoms with Crippen LogP contribution in [0.1, 0.15) is 50.7 Å². The van der Waals surface area contributed by atoms with E-state index in [0.29, 0.717) is 5.92 Å². The van der Waals surface area contributed by atoms with Crippen LogP contribution in [0, 0.1) is 5.92 Å². The van der Waals surface area contributed by atoms with Gasteiger partial charge in [-0.1, -0.05) is 6.92 Å². The van der Waals surface area contributed by atoms with Crippen LogP contribution in [0.5, 0.6) is 0 Å². The molecule has 0 spiro atoms. The number of hydrogen-bond donors (Lipinski definition) is 2. The first-order chi connectivity index (χ1) is 13.2. The summed E-state index contributed by atoms with van der Waals surface area (Å²) in [6, 6.07) is 0. The van der Waals surface area contributed by atoms with Crippen LogP contribution in [-0.2, 0) is 17.7 Å². The molecule has 6 nitrogen and oxygen atoms in total. The van der Waals surface area contributed by atoms with Crippen molar-refractivity contribution < 1.29 is 4.74 Å². The average molecular weight is 396 g/mol. The lowest BCUT2D eigenvalue weighted by Gasteiger charge is -2.30. The Kier molecular flexibility index (Phi) is 10.7. The summed E-state index contributed by atoms with van der Waals surface area (Å²) in [5.41, 5.74) is 1.24. The Morgan fingerprint density at radius 1 is 1.30 bits per heavy atom. The zero-order valence-electron chi connectivity index (χ0n) is 17.3. The van der Waals surface area contributed by atoms with Crippen molar-refractivity contribution in [2.24, 2.45) is 10.9 Å². The number of aliphatic imine (C=N–C) groups is 1. The maximum absolute atomic E-state index is 5.38. The second kappa shape index (κ2) is 13.1. The second-order valence-electron chi connectivity index (χ2n) is 7.00. The van der Waals surface area contributed by atoms with E-state index in [2.05, 4.69) is 34.8 Å². The van der Waals surface area contributed by atoms with Crippen molar-refractivity contribution in [2.45, 2.75) is 53.0 Å². The maximum atomic E-state index is 5.38. The molecule has 1 fully saturated rings. The maximum Gasteiger partial charge on any atom is 0.191 e. The molecule has 1 aliphatic rings. The molecular formula is C20H37N5OS. The lowest BCUT2D eigenvalue weighted by atomic mass is 9.97. The van der Waals surface area contributed by atoms with E-state index < -0.39 is 0 Å². The summed E-state index contributed by atoms with van der Waals surface area (Å²) < 4.78 is 5.38. The first-order valence-electron chi connectivity index (χ1n) is 10.5. The number of aryl methyl sites for hydroxylation is 1. The molecule has 2 rings (SSSR count). The van der Waals surface area contributed by atoms with Gasteiger partial charge in [-0.25, -0.2) is 4.98 Å². The molecule has 0 unspecified atom stereocenters. The number of nitrogens with one attached hydrogen (secondary N) is 2. The Labute approximate surface area is 168 Å². The van der Waals surface area contributed by atoms with Gasteiger partial charge >= 0.3 is 0 Å². The van der Waals surface area contributed by atoms with Crippen molar-refractivity contribution >= 4 is 17.3 Å². The van der Waals surface area contributed by atoms with Gasteiger partial charge in [0, 0.05) is 44.8 Å². The van der Waals surface area contributed by atoms with Crippen LogP contribution in [0.25, 0.3) is 0 Å². The van der Waals surface area contributed by atoms with Crippen LogP contribution in [0.3, 0.4) is 0 Å².